The van der Waals surface area contributed by atoms with Crippen molar-refractivity contribution in [2.75, 3.05) is 27.4 Å². The Labute approximate surface area is 318 Å². The zero-order valence-corrected chi connectivity index (χ0v) is 33.0. The first-order valence-corrected chi connectivity index (χ1v) is 19.3. The molecular weight excluding hydrogens is 707 g/mol. The molecule has 288 valence electrons. The van der Waals surface area contributed by atoms with E-state index in [1.54, 1.807) is 27.3 Å². The highest BCUT2D eigenvalue weighted by molar-refractivity contribution is 7.44. The van der Waals surface area contributed by atoms with Crippen molar-refractivity contribution in [2.45, 2.75) is 90.0 Å². The Kier molecular flexibility index (Phi) is 14.2. The maximum absolute atomic E-state index is 12.9. The number of ether oxygens (including phenoxy) is 4. The minimum atomic E-state index is -1.63. The molecule has 1 saturated heterocycles. The summed E-state index contributed by atoms with van der Waals surface area (Å²) in [5.41, 5.74) is 1.02. The molecule has 1 aliphatic rings. The number of hydrogen-bond donors (Lipinski definition) is 1. The van der Waals surface area contributed by atoms with Crippen LogP contribution in [-0.2, 0) is 30.7 Å². The van der Waals surface area contributed by atoms with Gasteiger partial charge in [-0.2, -0.15) is 5.26 Å². The number of nitriles is 1. The van der Waals surface area contributed by atoms with Crippen molar-refractivity contribution in [2.24, 2.45) is 0 Å². The highest BCUT2D eigenvalue weighted by Crippen LogP contribution is 2.50. The van der Waals surface area contributed by atoms with E-state index in [1.165, 1.54) is 4.57 Å². The molecule has 12 nitrogen and oxygen atoms in total. The largest absolute Gasteiger partial charge is 0.497 e. The Morgan fingerprint density at radius 3 is 2.04 bits per heavy atom. The molecule has 2 heterocycles. The minimum absolute atomic E-state index is 0.0876. The summed E-state index contributed by atoms with van der Waals surface area (Å²) in [6, 6.07) is 28.0. The molecule has 0 amide bonds. The van der Waals surface area contributed by atoms with Gasteiger partial charge in [0, 0.05) is 30.3 Å². The Bertz CT molecular complexity index is 1890. The quantitative estimate of drug-likeness (QED) is 0.0664. The molecule has 54 heavy (non-hydrogen) atoms. The molecule has 1 N–H and O–H groups in total. The van der Waals surface area contributed by atoms with Crippen molar-refractivity contribution >= 4 is 8.53 Å². The van der Waals surface area contributed by atoms with Crippen LogP contribution in [0.3, 0.4) is 0 Å². The minimum Gasteiger partial charge on any atom is -0.497 e. The van der Waals surface area contributed by atoms with Crippen LogP contribution in [0.5, 0.6) is 11.5 Å². The molecule has 1 aromatic heterocycles. The lowest BCUT2D eigenvalue weighted by atomic mass is 9.80. The third kappa shape index (κ3) is 9.47. The predicted molar refractivity (Wildman–Crippen MR) is 208 cm³/mol. The van der Waals surface area contributed by atoms with Gasteiger partial charge in [0.2, 0.25) is 0 Å². The summed E-state index contributed by atoms with van der Waals surface area (Å²) in [6.07, 6.45) is 0.632. The maximum atomic E-state index is 12.9. The average molecular weight is 759 g/mol. The van der Waals surface area contributed by atoms with Crippen molar-refractivity contribution in [1.82, 2.24) is 14.2 Å². The van der Waals surface area contributed by atoms with Gasteiger partial charge in [0.05, 0.1) is 58.7 Å². The molecule has 0 radical (unpaired) electrons. The Hall–Kier alpha value is -4.34. The fraction of sp³-hybridized carbons (Fsp3) is 0.439. The molecule has 0 spiro atoms. The fourth-order valence-electron chi connectivity index (χ4n) is 6.84. The molecular formula is C41H51N4O8P. The van der Waals surface area contributed by atoms with Gasteiger partial charge in [-0.05, 0) is 75.6 Å². The second-order valence-electron chi connectivity index (χ2n) is 13.8. The summed E-state index contributed by atoms with van der Waals surface area (Å²) in [5, 5.41) is 9.31. The van der Waals surface area contributed by atoms with Gasteiger partial charge in [-0.1, -0.05) is 54.6 Å². The molecule has 4 aromatic rings. The van der Waals surface area contributed by atoms with Crippen LogP contribution < -0.4 is 20.7 Å². The fourth-order valence-corrected chi connectivity index (χ4v) is 8.60. The van der Waals surface area contributed by atoms with Crippen molar-refractivity contribution in [3.8, 4) is 17.6 Å². The molecule has 1 unspecified atom stereocenters. The van der Waals surface area contributed by atoms with Crippen LogP contribution in [0.25, 0.3) is 0 Å². The van der Waals surface area contributed by atoms with Crippen LogP contribution in [0.1, 0.15) is 62.8 Å². The topological polar surface area (TPSA) is 137 Å². The highest BCUT2D eigenvalue weighted by atomic mass is 31.2. The van der Waals surface area contributed by atoms with E-state index in [2.05, 4.69) is 43.4 Å². The number of methoxy groups -OCH3 is 2. The van der Waals surface area contributed by atoms with E-state index in [-0.39, 0.29) is 38.3 Å². The SMILES string of the molecule is COc1ccc(C(OC[C@H]2O[C@H](Cn3cc(C)c(=O)[nH]c3=O)C[C@@H]2OP(OCCC#N)N(C(C)C)C(C)C)(c2ccccc2)c2ccc(OC)cc2)cc1. The van der Waals surface area contributed by atoms with Gasteiger partial charge in [0.15, 0.2) is 0 Å². The van der Waals surface area contributed by atoms with Crippen LogP contribution in [0.15, 0.2) is 94.6 Å². The van der Waals surface area contributed by atoms with E-state index in [0.717, 1.165) is 16.7 Å². The normalized spacial score (nSPS) is 17.9. The Morgan fingerprint density at radius 1 is 0.926 bits per heavy atom. The van der Waals surface area contributed by atoms with Gasteiger partial charge in [0.1, 0.15) is 23.2 Å². The molecule has 4 atom stereocenters. The number of aromatic nitrogens is 2. The second-order valence-corrected chi connectivity index (χ2v) is 15.2. The molecule has 3 aromatic carbocycles. The van der Waals surface area contributed by atoms with E-state index < -0.39 is 43.7 Å². The van der Waals surface area contributed by atoms with Gasteiger partial charge in [-0.3, -0.25) is 14.3 Å². The maximum Gasteiger partial charge on any atom is 0.328 e. The second kappa shape index (κ2) is 18.8. The molecule has 13 heteroatoms. The Balaban J connectivity index is 1.57. The van der Waals surface area contributed by atoms with Gasteiger partial charge < -0.3 is 28.0 Å². The van der Waals surface area contributed by atoms with Crippen LogP contribution in [0.4, 0.5) is 0 Å². The number of H-pyrrole nitrogens is 1. The molecule has 1 fully saturated rings. The van der Waals surface area contributed by atoms with Crippen LogP contribution >= 0.6 is 8.53 Å². The zero-order chi connectivity index (χ0) is 38.8. The van der Waals surface area contributed by atoms with E-state index in [0.29, 0.717) is 23.5 Å². The monoisotopic (exact) mass is 758 g/mol. The van der Waals surface area contributed by atoms with Crippen molar-refractivity contribution in [3.05, 3.63) is 128 Å². The number of nitrogens with one attached hydrogen (secondary N) is 1. The molecule has 5 rings (SSSR count). The molecule has 0 aliphatic carbocycles. The van der Waals surface area contributed by atoms with Crippen LogP contribution in [0, 0.1) is 18.3 Å². The number of aromatic amines is 1. The average Bonchev–Trinajstić information content (AvgIpc) is 3.55. The van der Waals surface area contributed by atoms with E-state index >= 15 is 0 Å². The first kappa shape index (κ1) is 40.8. The van der Waals surface area contributed by atoms with Gasteiger partial charge in [-0.25, -0.2) is 9.46 Å². The summed E-state index contributed by atoms with van der Waals surface area (Å²) in [4.78, 5) is 27.4. The summed E-state index contributed by atoms with van der Waals surface area (Å²) < 4.78 is 41.9. The van der Waals surface area contributed by atoms with Gasteiger partial charge >= 0.3 is 5.69 Å². The number of aryl methyl sites for hydroxylation is 1. The lowest BCUT2D eigenvalue weighted by molar-refractivity contribution is -0.0819. The van der Waals surface area contributed by atoms with Crippen LogP contribution in [-0.4, -0.2) is 72.1 Å². The van der Waals surface area contributed by atoms with E-state index in [1.807, 2.05) is 78.9 Å². The van der Waals surface area contributed by atoms with Gasteiger partial charge in [0.25, 0.3) is 14.1 Å². The molecule has 1 aliphatic heterocycles. The summed E-state index contributed by atoms with van der Waals surface area (Å²) in [7, 11) is 1.64. The third-order valence-electron chi connectivity index (χ3n) is 9.39. The number of nitrogens with zero attached hydrogens (tertiary/aromatic N) is 3. The lowest BCUT2D eigenvalue weighted by Crippen LogP contribution is -2.39. The molecule has 0 bridgehead atoms. The number of hydrogen-bond acceptors (Lipinski definition) is 10. The highest BCUT2D eigenvalue weighted by Gasteiger charge is 2.44. The predicted octanol–water partition coefficient (Wildman–Crippen LogP) is 6.69. The summed E-state index contributed by atoms with van der Waals surface area (Å²) in [5.74, 6) is 1.42. The number of benzene rings is 3. The zero-order valence-electron chi connectivity index (χ0n) is 32.1. The lowest BCUT2D eigenvalue weighted by Gasteiger charge is -2.39. The van der Waals surface area contributed by atoms with Crippen molar-refractivity contribution < 1.29 is 28.0 Å². The van der Waals surface area contributed by atoms with Crippen molar-refractivity contribution in [3.63, 3.8) is 0 Å². The number of rotatable bonds is 18. The first-order chi connectivity index (χ1) is 26.0. The Morgan fingerprint density at radius 2 is 1.50 bits per heavy atom. The summed E-state index contributed by atoms with van der Waals surface area (Å²) >= 11 is 0. The first-order valence-electron chi connectivity index (χ1n) is 18.2. The standard InChI is InChI=1S/C41H51N4O8P/c1-28(2)45(29(3)4)54(51-23-11-22-42)53-37-24-36(26-44-25-30(5)39(46)43-40(44)47)52-38(37)27-50-41(31-12-9-8-10-13-31,32-14-18-34(48-6)19-15-32)33-16-20-35(49-7)21-17-33/h8-10,12-21,25,28-29,36-38H,11,23-24,26-27H2,1-7H3,(H,43,46,47)/t36-,37-,38+,54?/m0/s1. The van der Waals surface area contributed by atoms with Crippen LogP contribution in [0.2, 0.25) is 0 Å². The smallest absolute Gasteiger partial charge is 0.328 e. The van der Waals surface area contributed by atoms with E-state index in [4.69, 9.17) is 28.0 Å². The van der Waals surface area contributed by atoms with E-state index in [9.17, 15) is 14.9 Å². The van der Waals surface area contributed by atoms with Crippen molar-refractivity contribution in [1.29, 1.82) is 5.26 Å². The summed E-state index contributed by atoms with van der Waals surface area (Å²) in [6.45, 7) is 10.5. The molecule has 0 saturated carbocycles. The van der Waals surface area contributed by atoms with Gasteiger partial charge in [-0.15, -0.1) is 0 Å². The third-order valence-corrected chi connectivity index (χ3v) is 11.5.